The molecule has 0 heterocycles. The molecule has 0 aliphatic heterocycles. The van der Waals surface area contributed by atoms with Gasteiger partial charge in [0.25, 0.3) is 5.69 Å². The zero-order chi connectivity index (χ0) is 12.5. The number of nitro groups is 1. The smallest absolute Gasteiger partial charge is 0.273 e. The van der Waals surface area contributed by atoms with E-state index in [4.69, 9.17) is 4.74 Å². The Morgan fingerprint density at radius 1 is 1.44 bits per heavy atom. The van der Waals surface area contributed by atoms with Crippen molar-refractivity contribution < 1.29 is 14.1 Å². The fourth-order valence-corrected chi connectivity index (χ4v) is 1.56. The van der Waals surface area contributed by atoms with E-state index in [1.54, 1.807) is 20.8 Å². The van der Waals surface area contributed by atoms with Gasteiger partial charge in [-0.15, -0.1) is 0 Å². The van der Waals surface area contributed by atoms with Gasteiger partial charge in [0.1, 0.15) is 5.60 Å². The van der Waals surface area contributed by atoms with E-state index in [1.165, 1.54) is 6.07 Å². The van der Waals surface area contributed by atoms with E-state index in [0.29, 0.717) is 0 Å². The Morgan fingerprint density at radius 3 is 2.38 bits per heavy atom. The normalized spacial score (nSPS) is 11.3. The molecule has 0 saturated heterocycles. The monoisotopic (exact) mass is 291 g/mol. The van der Waals surface area contributed by atoms with Gasteiger partial charge in [-0.05, 0) is 36.7 Å². The Balaban J connectivity index is 3.18. The molecule has 0 unspecified atom stereocenters. The molecule has 16 heavy (non-hydrogen) atoms. The number of non-ortho nitro benzene ring substituents is 1. The summed E-state index contributed by atoms with van der Waals surface area (Å²) in [6, 6.07) is 2.05. The highest BCUT2D eigenvalue weighted by molar-refractivity contribution is 9.10. The van der Waals surface area contributed by atoms with Crippen molar-refractivity contribution in [3.8, 4) is 5.75 Å². The first-order valence-electron chi connectivity index (χ1n) is 4.53. The first kappa shape index (κ1) is 12.9. The summed E-state index contributed by atoms with van der Waals surface area (Å²) in [5, 5.41) is 10.5. The lowest BCUT2D eigenvalue weighted by Crippen LogP contribution is -2.23. The highest BCUT2D eigenvalue weighted by Crippen LogP contribution is 2.34. The Morgan fingerprint density at radius 2 is 2.00 bits per heavy atom. The minimum atomic E-state index is -0.754. The fraction of sp³-hybridized carbons (Fsp3) is 0.400. The van der Waals surface area contributed by atoms with Crippen LogP contribution >= 0.6 is 15.9 Å². The van der Waals surface area contributed by atoms with Gasteiger partial charge in [0, 0.05) is 6.07 Å². The highest BCUT2D eigenvalue weighted by atomic mass is 79.9. The number of ether oxygens (including phenoxy) is 1. The molecule has 0 aliphatic carbocycles. The van der Waals surface area contributed by atoms with Gasteiger partial charge in [0.2, 0.25) is 0 Å². The maximum atomic E-state index is 13.5. The zero-order valence-corrected chi connectivity index (χ0v) is 10.7. The summed E-state index contributed by atoms with van der Waals surface area (Å²) in [6.07, 6.45) is 0. The Kier molecular flexibility index (Phi) is 3.52. The van der Waals surface area contributed by atoms with Crippen molar-refractivity contribution >= 4 is 21.6 Å². The minimum absolute atomic E-state index is 0.0156. The van der Waals surface area contributed by atoms with Gasteiger partial charge in [-0.1, -0.05) is 0 Å². The standard InChI is InChI=1S/C10H11BrFNO3/c1-10(2,3)16-9-7(11)4-6(13(14)15)5-8(9)12/h4-5H,1-3H3. The van der Waals surface area contributed by atoms with Crippen molar-refractivity contribution in [2.75, 3.05) is 0 Å². The van der Waals surface area contributed by atoms with Crippen LogP contribution in [-0.2, 0) is 0 Å². The van der Waals surface area contributed by atoms with Crippen LogP contribution in [0, 0.1) is 15.9 Å². The molecule has 88 valence electrons. The van der Waals surface area contributed by atoms with Gasteiger partial charge < -0.3 is 4.74 Å². The number of rotatable bonds is 2. The van der Waals surface area contributed by atoms with Gasteiger partial charge in [-0.25, -0.2) is 4.39 Å². The minimum Gasteiger partial charge on any atom is -0.484 e. The molecule has 1 aromatic rings. The summed E-state index contributed by atoms with van der Waals surface area (Å²) >= 11 is 3.05. The van der Waals surface area contributed by atoms with E-state index >= 15 is 0 Å². The van der Waals surface area contributed by atoms with Crippen molar-refractivity contribution in [2.45, 2.75) is 26.4 Å². The molecule has 0 atom stereocenters. The maximum absolute atomic E-state index is 13.5. The summed E-state index contributed by atoms with van der Waals surface area (Å²) in [6.45, 7) is 5.29. The topological polar surface area (TPSA) is 52.4 Å². The van der Waals surface area contributed by atoms with E-state index in [9.17, 15) is 14.5 Å². The predicted octanol–water partition coefficient (Wildman–Crippen LogP) is 3.67. The molecule has 6 heteroatoms. The lowest BCUT2D eigenvalue weighted by atomic mass is 10.2. The van der Waals surface area contributed by atoms with Crippen LogP contribution in [0.4, 0.5) is 10.1 Å². The number of hydrogen-bond donors (Lipinski definition) is 0. The Hall–Kier alpha value is -1.17. The quantitative estimate of drug-likeness (QED) is 0.617. The fourth-order valence-electron chi connectivity index (χ4n) is 1.06. The largest absolute Gasteiger partial charge is 0.484 e. The molecule has 0 aliphatic rings. The molecule has 0 fully saturated rings. The number of nitro benzene ring substituents is 1. The van der Waals surface area contributed by atoms with Gasteiger partial charge >= 0.3 is 0 Å². The molecule has 1 aromatic carbocycles. The van der Waals surface area contributed by atoms with Gasteiger partial charge in [0.05, 0.1) is 15.5 Å². The van der Waals surface area contributed by atoms with Crippen molar-refractivity contribution in [1.82, 2.24) is 0 Å². The second kappa shape index (κ2) is 4.37. The van der Waals surface area contributed by atoms with Gasteiger partial charge in [-0.3, -0.25) is 10.1 Å². The van der Waals surface area contributed by atoms with Crippen LogP contribution in [0.1, 0.15) is 20.8 Å². The van der Waals surface area contributed by atoms with Crippen LogP contribution in [0.3, 0.4) is 0 Å². The summed E-state index contributed by atoms with van der Waals surface area (Å²) in [7, 11) is 0. The molecule has 0 saturated carbocycles. The number of halogens is 2. The first-order chi connectivity index (χ1) is 7.20. The molecule has 0 spiro atoms. The molecule has 0 bridgehead atoms. The SMILES string of the molecule is CC(C)(C)Oc1c(F)cc([N+](=O)[O-])cc1Br. The summed E-state index contributed by atoms with van der Waals surface area (Å²) in [4.78, 5) is 9.82. The lowest BCUT2D eigenvalue weighted by Gasteiger charge is -2.22. The third kappa shape index (κ3) is 3.16. The van der Waals surface area contributed by atoms with Crippen molar-refractivity contribution in [3.05, 3.63) is 32.5 Å². The molecule has 0 N–H and O–H groups in total. The number of nitrogens with zero attached hydrogens (tertiary/aromatic N) is 1. The molecule has 0 radical (unpaired) electrons. The Bertz CT molecular complexity index is 406. The van der Waals surface area contributed by atoms with Crippen LogP contribution in [-0.4, -0.2) is 10.5 Å². The van der Waals surface area contributed by atoms with Crippen molar-refractivity contribution in [3.63, 3.8) is 0 Å². The van der Waals surface area contributed by atoms with Crippen molar-refractivity contribution in [1.29, 1.82) is 0 Å². The first-order valence-corrected chi connectivity index (χ1v) is 5.32. The molecule has 4 nitrogen and oxygen atoms in total. The lowest BCUT2D eigenvalue weighted by molar-refractivity contribution is -0.385. The van der Waals surface area contributed by atoms with Crippen LogP contribution in [0.15, 0.2) is 16.6 Å². The number of hydrogen-bond acceptors (Lipinski definition) is 3. The highest BCUT2D eigenvalue weighted by Gasteiger charge is 2.21. The van der Waals surface area contributed by atoms with Crippen LogP contribution in [0.25, 0.3) is 0 Å². The third-order valence-corrected chi connectivity index (χ3v) is 2.19. The zero-order valence-electron chi connectivity index (χ0n) is 9.08. The summed E-state index contributed by atoms with van der Waals surface area (Å²) in [5.74, 6) is -0.769. The van der Waals surface area contributed by atoms with Crippen molar-refractivity contribution in [2.24, 2.45) is 0 Å². The average Bonchev–Trinajstić information content (AvgIpc) is 2.09. The van der Waals surface area contributed by atoms with Crippen LogP contribution in [0.2, 0.25) is 0 Å². The maximum Gasteiger partial charge on any atom is 0.273 e. The van der Waals surface area contributed by atoms with Gasteiger partial charge in [-0.2, -0.15) is 0 Å². The van der Waals surface area contributed by atoms with Crippen LogP contribution < -0.4 is 4.74 Å². The van der Waals surface area contributed by atoms with E-state index in [1.807, 2.05) is 0 Å². The molecular weight excluding hydrogens is 281 g/mol. The predicted molar refractivity (Wildman–Crippen MR) is 61.1 cm³/mol. The van der Waals surface area contributed by atoms with Gasteiger partial charge in [0.15, 0.2) is 11.6 Å². The average molecular weight is 292 g/mol. The third-order valence-electron chi connectivity index (χ3n) is 1.60. The van der Waals surface area contributed by atoms with Crippen LogP contribution in [0.5, 0.6) is 5.75 Å². The van der Waals surface area contributed by atoms with E-state index in [0.717, 1.165) is 6.07 Å². The molecule has 1 rings (SSSR count). The Labute approximate surface area is 101 Å². The molecule has 0 amide bonds. The van der Waals surface area contributed by atoms with E-state index < -0.39 is 16.3 Å². The summed E-state index contributed by atoms with van der Waals surface area (Å²) < 4.78 is 19.1. The second-order valence-electron chi connectivity index (χ2n) is 4.21. The van der Waals surface area contributed by atoms with E-state index in [-0.39, 0.29) is 15.9 Å². The number of benzene rings is 1. The summed E-state index contributed by atoms with van der Waals surface area (Å²) in [5.41, 5.74) is -0.884. The molecular formula is C10H11BrFNO3. The van der Waals surface area contributed by atoms with E-state index in [2.05, 4.69) is 15.9 Å². The molecule has 0 aromatic heterocycles. The second-order valence-corrected chi connectivity index (χ2v) is 5.06.